The van der Waals surface area contributed by atoms with E-state index in [2.05, 4.69) is 24.2 Å². The van der Waals surface area contributed by atoms with E-state index in [9.17, 15) is 4.79 Å². The lowest BCUT2D eigenvalue weighted by Crippen LogP contribution is -3.11. The summed E-state index contributed by atoms with van der Waals surface area (Å²) in [6.07, 6.45) is 4.40. The number of rotatable bonds is 10. The van der Waals surface area contributed by atoms with E-state index in [0.29, 0.717) is 6.61 Å². The topological polar surface area (TPSA) is 68.3 Å². The Hall–Kier alpha value is -1.82. The fraction of sp³-hybridized carbons (Fsp3) is 0.667. The van der Waals surface area contributed by atoms with Gasteiger partial charge in [0.05, 0.1) is 38.5 Å². The van der Waals surface area contributed by atoms with Gasteiger partial charge in [0.1, 0.15) is 0 Å². The summed E-state index contributed by atoms with van der Waals surface area (Å²) >= 11 is 0. The molecule has 0 bridgehead atoms. The summed E-state index contributed by atoms with van der Waals surface area (Å²) in [5.41, 5.74) is 0. The minimum Gasteiger partial charge on any atom is -0.465 e. The summed E-state index contributed by atoms with van der Waals surface area (Å²) in [6.45, 7) is 12.5. The third kappa shape index (κ3) is 7.64. The zero-order valence-electron chi connectivity index (χ0n) is 15.4. The molecule has 136 valence electrons. The predicted octanol–water partition coefficient (Wildman–Crippen LogP) is 1.89. The second-order valence-corrected chi connectivity index (χ2v) is 5.91. The van der Waals surface area contributed by atoms with Gasteiger partial charge in [-0.1, -0.05) is 6.92 Å². The van der Waals surface area contributed by atoms with Crippen molar-refractivity contribution in [1.82, 2.24) is 5.32 Å². The van der Waals surface area contributed by atoms with Gasteiger partial charge in [-0.05, 0) is 52.2 Å². The van der Waals surface area contributed by atoms with Crippen LogP contribution in [0.25, 0.3) is 0 Å². The van der Waals surface area contributed by atoms with Crippen molar-refractivity contribution >= 4 is 11.9 Å². The molecule has 1 atom stereocenters. The van der Waals surface area contributed by atoms with Crippen LogP contribution in [-0.4, -0.2) is 44.2 Å². The number of amides is 1. The second kappa shape index (κ2) is 11.7. The van der Waals surface area contributed by atoms with Gasteiger partial charge in [-0.2, -0.15) is 0 Å². The van der Waals surface area contributed by atoms with Gasteiger partial charge in [0.15, 0.2) is 5.76 Å². The molecule has 1 aromatic heterocycles. The van der Waals surface area contributed by atoms with Gasteiger partial charge in [0.25, 0.3) is 11.9 Å². The number of nitrogens with one attached hydrogen (secondary N) is 2. The van der Waals surface area contributed by atoms with Crippen LogP contribution in [0.5, 0.6) is 0 Å². The van der Waals surface area contributed by atoms with E-state index in [1.807, 2.05) is 13.8 Å². The van der Waals surface area contributed by atoms with Gasteiger partial charge < -0.3 is 14.1 Å². The number of ether oxygens (including phenoxy) is 1. The van der Waals surface area contributed by atoms with Crippen molar-refractivity contribution in [3.05, 3.63) is 24.2 Å². The molecule has 0 saturated carbocycles. The lowest BCUT2D eigenvalue weighted by atomic mass is 10.2. The summed E-state index contributed by atoms with van der Waals surface area (Å²) in [5, 5.41) is 2.70. The van der Waals surface area contributed by atoms with E-state index in [-0.39, 0.29) is 23.7 Å². The van der Waals surface area contributed by atoms with Crippen molar-refractivity contribution in [3.8, 4) is 0 Å². The van der Waals surface area contributed by atoms with Crippen molar-refractivity contribution in [1.29, 1.82) is 0 Å². The van der Waals surface area contributed by atoms with E-state index < -0.39 is 0 Å². The summed E-state index contributed by atoms with van der Waals surface area (Å²) in [6, 6.07) is 3.67. The molecule has 0 aromatic carbocycles. The lowest BCUT2D eigenvalue weighted by molar-refractivity contribution is -0.896. The van der Waals surface area contributed by atoms with Gasteiger partial charge in [-0.15, -0.1) is 0 Å². The van der Waals surface area contributed by atoms with Gasteiger partial charge in [-0.3, -0.25) is 10.1 Å². The van der Waals surface area contributed by atoms with Gasteiger partial charge in [0.2, 0.25) is 0 Å². The van der Waals surface area contributed by atoms with Crippen LogP contribution in [-0.2, 0) is 4.74 Å². The number of carbonyl (C=O) groups excluding carboxylic acids is 1. The molecule has 0 aliphatic rings. The maximum atomic E-state index is 12.1. The van der Waals surface area contributed by atoms with Crippen molar-refractivity contribution in [2.75, 3.05) is 26.2 Å². The maximum absolute atomic E-state index is 12.1. The molecule has 0 radical (unpaired) electrons. The Morgan fingerprint density at radius 1 is 1.38 bits per heavy atom. The average molecular weight is 338 g/mol. The fourth-order valence-corrected chi connectivity index (χ4v) is 2.39. The molecule has 0 fully saturated rings. The molecule has 1 aromatic rings. The number of quaternary nitrogens is 1. The number of hydrogen-bond donors (Lipinski definition) is 2. The van der Waals surface area contributed by atoms with E-state index in [4.69, 9.17) is 9.15 Å². The molecule has 1 amide bonds. The molecule has 1 heterocycles. The Morgan fingerprint density at radius 2 is 2.12 bits per heavy atom. The van der Waals surface area contributed by atoms with Crippen molar-refractivity contribution < 1.29 is 18.8 Å². The van der Waals surface area contributed by atoms with Gasteiger partial charge >= 0.3 is 0 Å². The van der Waals surface area contributed by atoms with Crippen molar-refractivity contribution in [2.24, 2.45) is 4.99 Å². The van der Waals surface area contributed by atoms with E-state index in [1.165, 1.54) is 6.26 Å². The van der Waals surface area contributed by atoms with Crippen LogP contribution in [0, 0.1) is 0 Å². The van der Waals surface area contributed by atoms with Crippen LogP contribution in [0.3, 0.4) is 0 Å². The van der Waals surface area contributed by atoms with Crippen LogP contribution in [0.15, 0.2) is 27.8 Å². The highest BCUT2D eigenvalue weighted by molar-refractivity contribution is 6.02. The number of nitrogens with zero attached hydrogens (tertiary/aromatic N) is 1. The fourth-order valence-electron chi connectivity index (χ4n) is 2.39. The average Bonchev–Trinajstić information content (AvgIpc) is 3.11. The zero-order chi connectivity index (χ0) is 17.8. The molecule has 0 aliphatic heterocycles. The van der Waals surface area contributed by atoms with Crippen LogP contribution >= 0.6 is 0 Å². The molecule has 2 N–H and O–H groups in total. The molecule has 1 rings (SSSR count). The van der Waals surface area contributed by atoms with Crippen molar-refractivity contribution in [2.45, 2.75) is 53.0 Å². The van der Waals surface area contributed by atoms with Crippen LogP contribution in [0.4, 0.5) is 0 Å². The first-order chi connectivity index (χ1) is 11.6. The van der Waals surface area contributed by atoms with Crippen LogP contribution in [0.2, 0.25) is 0 Å². The number of amidine groups is 1. The quantitative estimate of drug-likeness (QED) is 0.506. The standard InChI is InChI=1S/C18H31N3O3/c1-5-13-24-18(20-17(22)16-11-9-14-23-16)19-15(4)10-8-12-21(6-2)7-3/h9,11,14-15H,5-8,10,12-13H2,1-4H3,(H,19,20,22)/p+1/t15-/m0/s1. The minimum absolute atomic E-state index is 0.101. The van der Waals surface area contributed by atoms with E-state index in [1.54, 1.807) is 17.0 Å². The third-order valence-corrected chi connectivity index (χ3v) is 3.90. The number of carbonyl (C=O) groups is 1. The molecule has 6 nitrogen and oxygen atoms in total. The number of furan rings is 1. The molecule has 0 spiro atoms. The normalized spacial score (nSPS) is 13.1. The van der Waals surface area contributed by atoms with Crippen LogP contribution < -0.4 is 10.2 Å². The minimum atomic E-state index is -0.338. The first kappa shape index (κ1) is 20.2. The summed E-state index contributed by atoms with van der Waals surface area (Å²) in [4.78, 5) is 18.2. The van der Waals surface area contributed by atoms with Crippen LogP contribution in [0.1, 0.15) is 57.5 Å². The Labute approximate surface area is 145 Å². The third-order valence-electron chi connectivity index (χ3n) is 3.90. The summed E-state index contributed by atoms with van der Waals surface area (Å²) < 4.78 is 10.7. The second-order valence-electron chi connectivity index (χ2n) is 5.91. The highest BCUT2D eigenvalue weighted by Crippen LogP contribution is 2.03. The Morgan fingerprint density at radius 3 is 2.71 bits per heavy atom. The molecular weight excluding hydrogens is 306 g/mol. The largest absolute Gasteiger partial charge is 0.465 e. The molecule has 6 heteroatoms. The van der Waals surface area contributed by atoms with E-state index in [0.717, 1.165) is 38.9 Å². The summed E-state index contributed by atoms with van der Waals surface area (Å²) in [7, 11) is 0. The SMILES string of the molecule is CCCOC(=N[C@@H](C)CCC[NH+](CC)CC)NC(=O)c1ccco1. The van der Waals surface area contributed by atoms with Gasteiger partial charge in [-0.25, -0.2) is 4.99 Å². The highest BCUT2D eigenvalue weighted by atomic mass is 16.5. The first-order valence-corrected chi connectivity index (χ1v) is 8.99. The Bertz CT molecular complexity index is 482. The van der Waals surface area contributed by atoms with Gasteiger partial charge in [0, 0.05) is 0 Å². The molecule has 24 heavy (non-hydrogen) atoms. The number of hydrogen-bond acceptors (Lipinski definition) is 4. The zero-order valence-corrected chi connectivity index (χ0v) is 15.4. The monoisotopic (exact) mass is 338 g/mol. The molecule has 0 saturated heterocycles. The molecular formula is C18H32N3O3+. The maximum Gasteiger partial charge on any atom is 0.294 e. The highest BCUT2D eigenvalue weighted by Gasteiger charge is 2.14. The predicted molar refractivity (Wildman–Crippen MR) is 95.5 cm³/mol. The van der Waals surface area contributed by atoms with Crippen molar-refractivity contribution in [3.63, 3.8) is 0 Å². The number of aliphatic imine (C=N–C) groups is 1. The first-order valence-electron chi connectivity index (χ1n) is 8.99. The smallest absolute Gasteiger partial charge is 0.294 e. The Kier molecular flexibility index (Phi) is 9.84. The van der Waals surface area contributed by atoms with E-state index >= 15 is 0 Å². The molecule has 0 unspecified atom stereocenters. The molecule has 0 aliphatic carbocycles. The lowest BCUT2D eigenvalue weighted by Gasteiger charge is -2.16. The summed E-state index contributed by atoms with van der Waals surface area (Å²) in [5.74, 6) is -0.0878. The Balaban J connectivity index is 2.55.